The molecule has 252 valence electrons. The number of rotatable bonds is 5. The maximum absolute atomic E-state index is 13.3. The van der Waals surface area contributed by atoms with Crippen LogP contribution in [0.3, 0.4) is 0 Å². The standard InChI is InChI=1S/C37H39N7O5/c1-36(2,3)48-32(45)24-43(35(46)49-37(4,5)6)31-16-12-26(23-38-31)33-29(15-14-27-13-11-25-9-7-8-10-28(25)40-27)41-34-30(17-18-39-44(33)34)42-19-21-47-22-20-42/h7-13,16-18,23H,19-22,24H2,1-6H3. The highest BCUT2D eigenvalue weighted by Gasteiger charge is 2.29. The van der Waals surface area contributed by atoms with Crippen LogP contribution in [0.2, 0.25) is 0 Å². The van der Waals surface area contributed by atoms with Crippen molar-refractivity contribution in [2.24, 2.45) is 0 Å². The summed E-state index contributed by atoms with van der Waals surface area (Å²) in [6, 6.07) is 17.1. The maximum atomic E-state index is 13.3. The second kappa shape index (κ2) is 13.5. The minimum absolute atomic E-state index is 0.215. The molecule has 0 spiro atoms. The Kier molecular flexibility index (Phi) is 9.21. The van der Waals surface area contributed by atoms with Crippen LogP contribution in [0.1, 0.15) is 52.9 Å². The molecule has 5 heterocycles. The first-order valence-electron chi connectivity index (χ1n) is 16.1. The molecule has 1 aromatic carbocycles. The van der Waals surface area contributed by atoms with Crippen molar-refractivity contribution in [3.63, 3.8) is 0 Å². The molecule has 0 bridgehead atoms. The molecule has 0 saturated carbocycles. The highest BCUT2D eigenvalue weighted by molar-refractivity contribution is 5.93. The number of anilines is 2. The number of fused-ring (bicyclic) bond motifs is 2. The van der Waals surface area contributed by atoms with Gasteiger partial charge in [-0.05, 0) is 83.7 Å². The van der Waals surface area contributed by atoms with E-state index in [1.54, 1.807) is 70.6 Å². The molecule has 1 fully saturated rings. The van der Waals surface area contributed by atoms with Gasteiger partial charge in [0, 0.05) is 30.2 Å². The first kappa shape index (κ1) is 33.4. The Morgan fingerprint density at radius 2 is 1.65 bits per heavy atom. The van der Waals surface area contributed by atoms with E-state index in [2.05, 4.69) is 26.8 Å². The van der Waals surface area contributed by atoms with Crippen LogP contribution in [-0.2, 0) is 19.0 Å². The number of amides is 1. The van der Waals surface area contributed by atoms with Gasteiger partial charge in [-0.2, -0.15) is 5.10 Å². The number of carbonyl (C=O) groups is 2. The van der Waals surface area contributed by atoms with E-state index in [4.69, 9.17) is 24.2 Å². The Bertz CT molecular complexity index is 2060. The molecule has 1 amide bonds. The van der Waals surface area contributed by atoms with Gasteiger partial charge in [0.1, 0.15) is 40.6 Å². The summed E-state index contributed by atoms with van der Waals surface area (Å²) in [6.45, 7) is 12.9. The number of hydrogen-bond donors (Lipinski definition) is 0. The van der Waals surface area contributed by atoms with Crippen molar-refractivity contribution in [2.75, 3.05) is 42.6 Å². The molecule has 1 aliphatic rings. The third-order valence-electron chi connectivity index (χ3n) is 7.38. The Hall–Kier alpha value is -5.54. The minimum atomic E-state index is -0.795. The van der Waals surface area contributed by atoms with Crippen LogP contribution in [-0.4, -0.2) is 80.7 Å². The van der Waals surface area contributed by atoms with Crippen LogP contribution in [0.25, 0.3) is 27.8 Å². The van der Waals surface area contributed by atoms with E-state index in [0.29, 0.717) is 41.5 Å². The molecule has 0 aliphatic carbocycles. The van der Waals surface area contributed by atoms with Crippen molar-refractivity contribution < 1.29 is 23.8 Å². The number of carbonyl (C=O) groups excluding carboxylic acids is 2. The normalized spacial score (nSPS) is 13.6. The number of hydrogen-bond acceptors (Lipinski definition) is 10. The fraction of sp³-hybridized carbons (Fsp3) is 0.351. The highest BCUT2D eigenvalue weighted by atomic mass is 16.6. The molecule has 0 N–H and O–H groups in total. The number of aromatic nitrogens is 5. The monoisotopic (exact) mass is 661 g/mol. The largest absolute Gasteiger partial charge is 0.459 e. The molecule has 12 heteroatoms. The van der Waals surface area contributed by atoms with Crippen LogP contribution in [0, 0.1) is 11.8 Å². The van der Waals surface area contributed by atoms with Crippen molar-refractivity contribution in [1.82, 2.24) is 24.6 Å². The third kappa shape index (κ3) is 7.96. The van der Waals surface area contributed by atoms with Crippen LogP contribution in [0.5, 0.6) is 0 Å². The summed E-state index contributed by atoms with van der Waals surface area (Å²) in [5.41, 5.74) is 3.23. The maximum Gasteiger partial charge on any atom is 0.416 e. The minimum Gasteiger partial charge on any atom is -0.459 e. The molecule has 12 nitrogen and oxygen atoms in total. The van der Waals surface area contributed by atoms with Crippen LogP contribution in [0.15, 0.2) is 67.0 Å². The van der Waals surface area contributed by atoms with Gasteiger partial charge in [-0.25, -0.2) is 24.3 Å². The highest BCUT2D eigenvalue weighted by Crippen LogP contribution is 2.30. The summed E-state index contributed by atoms with van der Waals surface area (Å²) in [7, 11) is 0. The van der Waals surface area contributed by atoms with Gasteiger partial charge in [0.2, 0.25) is 0 Å². The Labute approximate surface area is 285 Å². The van der Waals surface area contributed by atoms with Crippen molar-refractivity contribution >= 4 is 40.1 Å². The number of para-hydroxylation sites is 1. The Morgan fingerprint density at radius 1 is 0.898 bits per heavy atom. The van der Waals surface area contributed by atoms with Gasteiger partial charge in [0.15, 0.2) is 5.65 Å². The number of imidazole rings is 1. The first-order chi connectivity index (χ1) is 23.3. The van der Waals surface area contributed by atoms with Gasteiger partial charge in [0.25, 0.3) is 0 Å². The summed E-state index contributed by atoms with van der Waals surface area (Å²) in [6.07, 6.45) is 2.62. The number of benzene rings is 1. The summed E-state index contributed by atoms with van der Waals surface area (Å²) in [4.78, 5) is 43.8. The Balaban J connectivity index is 1.42. The molecule has 0 atom stereocenters. The quantitative estimate of drug-likeness (QED) is 0.172. The van der Waals surface area contributed by atoms with E-state index in [0.717, 1.165) is 29.7 Å². The number of nitrogens with zero attached hydrogens (tertiary/aromatic N) is 7. The summed E-state index contributed by atoms with van der Waals surface area (Å²) in [5, 5.41) is 5.70. The zero-order chi connectivity index (χ0) is 34.8. The van der Waals surface area contributed by atoms with E-state index in [9.17, 15) is 9.59 Å². The number of morpholine rings is 1. The van der Waals surface area contributed by atoms with E-state index in [1.165, 1.54) is 4.90 Å². The van der Waals surface area contributed by atoms with Crippen LogP contribution < -0.4 is 9.80 Å². The van der Waals surface area contributed by atoms with E-state index in [-0.39, 0.29) is 12.4 Å². The molecular weight excluding hydrogens is 622 g/mol. The van der Waals surface area contributed by atoms with Gasteiger partial charge in [-0.3, -0.25) is 9.69 Å². The number of ether oxygens (including phenoxy) is 3. The Morgan fingerprint density at radius 3 is 2.37 bits per heavy atom. The average molecular weight is 662 g/mol. The number of esters is 1. The topological polar surface area (TPSA) is 124 Å². The van der Waals surface area contributed by atoms with Crippen LogP contribution in [0.4, 0.5) is 16.3 Å². The van der Waals surface area contributed by atoms with Crippen molar-refractivity contribution in [1.29, 1.82) is 0 Å². The molecule has 4 aromatic heterocycles. The molecular formula is C37H39N7O5. The fourth-order valence-electron chi connectivity index (χ4n) is 5.34. The molecule has 1 aliphatic heterocycles. The van der Waals surface area contributed by atoms with E-state index in [1.807, 2.05) is 42.5 Å². The van der Waals surface area contributed by atoms with Gasteiger partial charge in [-0.15, -0.1) is 0 Å². The summed E-state index contributed by atoms with van der Waals surface area (Å²) in [5.74, 6) is 6.05. The predicted molar refractivity (Wildman–Crippen MR) is 186 cm³/mol. The lowest BCUT2D eigenvalue weighted by Gasteiger charge is -2.28. The van der Waals surface area contributed by atoms with E-state index < -0.39 is 23.3 Å². The van der Waals surface area contributed by atoms with Gasteiger partial charge < -0.3 is 19.1 Å². The first-order valence-corrected chi connectivity index (χ1v) is 16.1. The molecule has 49 heavy (non-hydrogen) atoms. The fourth-order valence-corrected chi connectivity index (χ4v) is 5.34. The van der Waals surface area contributed by atoms with Crippen molar-refractivity contribution in [3.05, 3.63) is 78.4 Å². The van der Waals surface area contributed by atoms with Crippen molar-refractivity contribution in [3.8, 4) is 23.1 Å². The zero-order valence-electron chi connectivity index (χ0n) is 28.6. The van der Waals surface area contributed by atoms with Gasteiger partial charge in [0.05, 0.1) is 30.6 Å². The number of pyridine rings is 2. The summed E-state index contributed by atoms with van der Waals surface area (Å²) < 4.78 is 18.4. The van der Waals surface area contributed by atoms with Gasteiger partial charge in [-0.1, -0.05) is 24.3 Å². The smallest absolute Gasteiger partial charge is 0.416 e. The molecule has 5 aromatic rings. The lowest BCUT2D eigenvalue weighted by Crippen LogP contribution is -2.42. The zero-order valence-corrected chi connectivity index (χ0v) is 28.6. The molecule has 0 unspecified atom stereocenters. The van der Waals surface area contributed by atoms with Gasteiger partial charge >= 0.3 is 12.1 Å². The second-order valence-corrected chi connectivity index (χ2v) is 13.6. The molecule has 1 saturated heterocycles. The predicted octanol–water partition coefficient (Wildman–Crippen LogP) is 5.66. The SMILES string of the molecule is CC(C)(C)OC(=O)CN(C(=O)OC(C)(C)C)c1ccc(-c2c(C#Cc3ccc4ccccc4n3)nc3c(N4CCOCC4)ccnn23)cn1. The third-order valence-corrected chi connectivity index (χ3v) is 7.38. The lowest BCUT2D eigenvalue weighted by molar-refractivity contribution is -0.153. The van der Waals surface area contributed by atoms with Crippen LogP contribution >= 0.6 is 0 Å². The average Bonchev–Trinajstić information content (AvgIpc) is 3.43. The van der Waals surface area contributed by atoms with E-state index >= 15 is 0 Å². The second-order valence-electron chi connectivity index (χ2n) is 13.6. The van der Waals surface area contributed by atoms with Crippen molar-refractivity contribution in [2.45, 2.75) is 52.7 Å². The lowest BCUT2D eigenvalue weighted by atomic mass is 10.1. The molecule has 6 rings (SSSR count). The molecule has 0 radical (unpaired) electrons. The summed E-state index contributed by atoms with van der Waals surface area (Å²) >= 11 is 0.